The predicted octanol–water partition coefficient (Wildman–Crippen LogP) is 3.72. The van der Waals surface area contributed by atoms with Crippen LogP contribution >= 0.6 is 11.6 Å². The molecule has 0 N–H and O–H groups in total. The number of carbonyl (C=O) groups is 1. The van der Waals surface area contributed by atoms with Gasteiger partial charge in [-0.15, -0.1) is 0 Å². The van der Waals surface area contributed by atoms with Crippen molar-refractivity contribution in [2.24, 2.45) is 0 Å². The van der Waals surface area contributed by atoms with Gasteiger partial charge in [-0.05, 0) is 50.6 Å². The van der Waals surface area contributed by atoms with Gasteiger partial charge in [-0.2, -0.15) is 0 Å². The van der Waals surface area contributed by atoms with Gasteiger partial charge in [0, 0.05) is 5.02 Å². The van der Waals surface area contributed by atoms with Gasteiger partial charge < -0.3 is 4.74 Å². The fraction of sp³-hybridized carbons (Fsp3) is 0.278. The average molecular weight is 382 g/mol. The lowest BCUT2D eigenvalue weighted by Gasteiger charge is -2.24. The lowest BCUT2D eigenvalue weighted by atomic mass is 10.2. The second-order valence-corrected chi connectivity index (χ2v) is 7.83. The number of sulfonamides is 1. The fourth-order valence-corrected chi connectivity index (χ4v) is 3.79. The zero-order valence-corrected chi connectivity index (χ0v) is 15.9. The molecule has 2 aromatic rings. The Morgan fingerprint density at radius 1 is 1.12 bits per heavy atom. The van der Waals surface area contributed by atoms with E-state index in [4.69, 9.17) is 16.3 Å². The number of aryl methyl sites for hydroxylation is 2. The van der Waals surface area contributed by atoms with Crippen LogP contribution in [0.25, 0.3) is 0 Å². The first kappa shape index (κ1) is 19.3. The Balaban J connectivity index is 2.51. The van der Waals surface area contributed by atoms with Crippen molar-refractivity contribution in [2.45, 2.75) is 25.7 Å². The molecule has 2 rings (SSSR count). The van der Waals surface area contributed by atoms with Crippen LogP contribution in [0.1, 0.15) is 18.1 Å². The SMILES string of the molecule is CCOC(=O)CN(c1ccc(C)c(Cl)c1)S(=O)(=O)c1ccc(C)cc1. The van der Waals surface area contributed by atoms with Gasteiger partial charge >= 0.3 is 5.97 Å². The summed E-state index contributed by atoms with van der Waals surface area (Å²) in [5, 5.41) is 0.422. The van der Waals surface area contributed by atoms with Crippen LogP contribution in [0.15, 0.2) is 47.4 Å². The van der Waals surface area contributed by atoms with Crippen molar-refractivity contribution < 1.29 is 17.9 Å². The molecule has 5 nitrogen and oxygen atoms in total. The van der Waals surface area contributed by atoms with Crippen LogP contribution in [0.5, 0.6) is 0 Å². The van der Waals surface area contributed by atoms with Crippen molar-refractivity contribution >= 4 is 33.3 Å². The maximum atomic E-state index is 13.1. The molecule has 7 heteroatoms. The normalized spacial score (nSPS) is 11.2. The molecule has 0 aliphatic heterocycles. The number of rotatable bonds is 6. The molecular formula is C18H20ClNO4S. The van der Waals surface area contributed by atoms with E-state index in [2.05, 4.69) is 0 Å². The van der Waals surface area contributed by atoms with E-state index in [0.717, 1.165) is 15.4 Å². The molecule has 0 saturated carbocycles. The minimum absolute atomic E-state index is 0.0964. The van der Waals surface area contributed by atoms with E-state index in [0.29, 0.717) is 10.7 Å². The van der Waals surface area contributed by atoms with Crippen molar-refractivity contribution in [3.8, 4) is 0 Å². The number of ether oxygens (including phenoxy) is 1. The quantitative estimate of drug-likeness (QED) is 0.715. The van der Waals surface area contributed by atoms with E-state index in [1.165, 1.54) is 18.2 Å². The Morgan fingerprint density at radius 2 is 1.76 bits per heavy atom. The maximum Gasteiger partial charge on any atom is 0.326 e. The van der Waals surface area contributed by atoms with E-state index >= 15 is 0 Å². The lowest BCUT2D eigenvalue weighted by Crippen LogP contribution is -2.36. The van der Waals surface area contributed by atoms with Crippen LogP contribution in [0.4, 0.5) is 5.69 Å². The molecule has 0 aromatic heterocycles. The minimum atomic E-state index is -3.94. The molecule has 0 bridgehead atoms. The molecule has 2 aromatic carbocycles. The van der Waals surface area contributed by atoms with Crippen molar-refractivity contribution in [3.63, 3.8) is 0 Å². The van der Waals surface area contributed by atoms with Gasteiger partial charge in [-0.1, -0.05) is 35.4 Å². The summed E-state index contributed by atoms with van der Waals surface area (Å²) in [7, 11) is -3.94. The van der Waals surface area contributed by atoms with Gasteiger partial charge in [0.15, 0.2) is 0 Å². The van der Waals surface area contributed by atoms with Crippen LogP contribution in [0.2, 0.25) is 5.02 Å². The highest BCUT2D eigenvalue weighted by atomic mass is 35.5. The monoisotopic (exact) mass is 381 g/mol. The van der Waals surface area contributed by atoms with E-state index in [1.54, 1.807) is 31.2 Å². The van der Waals surface area contributed by atoms with Crippen LogP contribution in [0.3, 0.4) is 0 Å². The van der Waals surface area contributed by atoms with Crippen molar-refractivity contribution in [1.29, 1.82) is 0 Å². The molecular weight excluding hydrogens is 362 g/mol. The number of anilines is 1. The van der Waals surface area contributed by atoms with Crippen LogP contribution in [0, 0.1) is 13.8 Å². The third kappa shape index (κ3) is 4.52. The van der Waals surface area contributed by atoms with E-state index in [1.807, 2.05) is 13.8 Å². The first-order chi connectivity index (χ1) is 11.8. The molecule has 0 radical (unpaired) electrons. The number of benzene rings is 2. The van der Waals surface area contributed by atoms with Gasteiger partial charge in [-0.25, -0.2) is 8.42 Å². The van der Waals surface area contributed by atoms with Crippen LogP contribution in [-0.4, -0.2) is 27.5 Å². The smallest absolute Gasteiger partial charge is 0.326 e. The van der Waals surface area contributed by atoms with Gasteiger partial charge in [0.25, 0.3) is 10.0 Å². The summed E-state index contributed by atoms with van der Waals surface area (Å²) in [5.74, 6) is -0.630. The third-order valence-electron chi connectivity index (χ3n) is 3.63. The van der Waals surface area contributed by atoms with Gasteiger partial charge in [0.1, 0.15) is 6.54 Å². The summed E-state index contributed by atoms with van der Waals surface area (Å²) >= 11 is 6.13. The summed E-state index contributed by atoms with van der Waals surface area (Å²) in [4.78, 5) is 12.0. The molecule has 0 spiro atoms. The lowest BCUT2D eigenvalue weighted by molar-refractivity contribution is -0.141. The van der Waals surface area contributed by atoms with E-state index in [-0.39, 0.29) is 11.5 Å². The Bertz CT molecular complexity index is 863. The Hall–Kier alpha value is -2.05. The number of carbonyl (C=O) groups excluding carboxylic acids is 1. The molecule has 0 unspecified atom stereocenters. The number of nitrogens with zero attached hydrogens (tertiary/aromatic N) is 1. The summed E-state index contributed by atoms with van der Waals surface area (Å²) in [6.45, 7) is 5.09. The summed E-state index contributed by atoms with van der Waals surface area (Å²) in [5.41, 5.74) is 2.06. The number of halogens is 1. The van der Waals surface area contributed by atoms with Gasteiger partial charge in [0.2, 0.25) is 0 Å². The molecule has 0 amide bonds. The third-order valence-corrected chi connectivity index (χ3v) is 5.83. The highest BCUT2D eigenvalue weighted by molar-refractivity contribution is 7.92. The van der Waals surface area contributed by atoms with E-state index < -0.39 is 22.5 Å². The van der Waals surface area contributed by atoms with E-state index in [9.17, 15) is 13.2 Å². The second-order valence-electron chi connectivity index (χ2n) is 5.56. The molecule has 134 valence electrons. The molecule has 0 saturated heterocycles. The number of hydrogen-bond acceptors (Lipinski definition) is 4. The number of hydrogen-bond donors (Lipinski definition) is 0. The molecule has 0 atom stereocenters. The van der Waals surface area contributed by atoms with Crippen molar-refractivity contribution in [2.75, 3.05) is 17.5 Å². The zero-order valence-electron chi connectivity index (χ0n) is 14.3. The largest absolute Gasteiger partial charge is 0.465 e. The Morgan fingerprint density at radius 3 is 2.32 bits per heavy atom. The summed E-state index contributed by atoms with van der Waals surface area (Å²) in [6.07, 6.45) is 0. The Labute approximate surface area is 153 Å². The van der Waals surface area contributed by atoms with Gasteiger partial charge in [-0.3, -0.25) is 9.10 Å². The molecule has 25 heavy (non-hydrogen) atoms. The highest BCUT2D eigenvalue weighted by Gasteiger charge is 2.28. The van der Waals surface area contributed by atoms with Crippen LogP contribution in [-0.2, 0) is 19.6 Å². The first-order valence-corrected chi connectivity index (χ1v) is 9.58. The topological polar surface area (TPSA) is 63.7 Å². The number of esters is 1. The van der Waals surface area contributed by atoms with Crippen molar-refractivity contribution in [1.82, 2.24) is 0 Å². The molecule has 0 heterocycles. The zero-order chi connectivity index (χ0) is 18.6. The molecule has 0 fully saturated rings. The van der Waals surface area contributed by atoms with Crippen LogP contribution < -0.4 is 4.31 Å². The Kier molecular flexibility index (Phi) is 6.08. The molecule has 0 aliphatic rings. The fourth-order valence-electron chi connectivity index (χ4n) is 2.21. The van der Waals surface area contributed by atoms with Crippen molar-refractivity contribution in [3.05, 3.63) is 58.6 Å². The minimum Gasteiger partial charge on any atom is -0.465 e. The summed E-state index contributed by atoms with van der Waals surface area (Å²) < 4.78 is 32.0. The predicted molar refractivity (Wildman–Crippen MR) is 98.5 cm³/mol. The average Bonchev–Trinajstić information content (AvgIpc) is 2.56. The molecule has 0 aliphatic carbocycles. The second kappa shape index (κ2) is 7.89. The highest BCUT2D eigenvalue weighted by Crippen LogP contribution is 2.28. The standard InChI is InChI=1S/C18H20ClNO4S/c1-4-24-18(21)12-20(15-8-7-14(3)17(19)11-15)25(22,23)16-9-5-13(2)6-10-16/h5-11H,4,12H2,1-3H3. The maximum absolute atomic E-state index is 13.1. The first-order valence-electron chi connectivity index (χ1n) is 7.77. The van der Waals surface area contributed by atoms with Gasteiger partial charge in [0.05, 0.1) is 17.2 Å². The summed E-state index contributed by atoms with van der Waals surface area (Å²) in [6, 6.07) is 11.3.